The van der Waals surface area contributed by atoms with Crippen molar-refractivity contribution in [1.29, 1.82) is 0 Å². The van der Waals surface area contributed by atoms with Crippen LogP contribution in [0.25, 0.3) is 0 Å². The van der Waals surface area contributed by atoms with Gasteiger partial charge in [-0.25, -0.2) is 0 Å². The molecule has 1 aliphatic rings. The van der Waals surface area contributed by atoms with Crippen molar-refractivity contribution in [1.82, 2.24) is 15.5 Å². The summed E-state index contributed by atoms with van der Waals surface area (Å²) in [5.74, 6) is 2.34. The number of rotatable bonds is 7. The second-order valence-electron chi connectivity index (χ2n) is 6.81. The second-order valence-corrected chi connectivity index (χ2v) is 6.81. The summed E-state index contributed by atoms with van der Waals surface area (Å²) in [6.07, 6.45) is 0.762. The summed E-state index contributed by atoms with van der Waals surface area (Å²) in [6, 6.07) is 13.6. The molecule has 1 aliphatic heterocycles. The monoisotopic (exact) mass is 396 g/mol. The quantitative estimate of drug-likeness (QED) is 0.555. The molecule has 0 radical (unpaired) electrons. The standard InChI is InChI=1S/C22H28N4O3/c1-4-24-22(25-11-10-16-6-5-7-18(12-16)21(27)23-2)26(3)14-17-8-9-19-20(13-17)29-15-28-19/h5-9,12-13H,4,10-11,14-15H2,1-3H3,(H,23,27)(H,24,25). The molecule has 0 spiro atoms. The highest BCUT2D eigenvalue weighted by atomic mass is 16.7. The molecule has 7 nitrogen and oxygen atoms in total. The van der Waals surface area contributed by atoms with Crippen LogP contribution in [0, 0.1) is 0 Å². The zero-order chi connectivity index (χ0) is 20.6. The normalized spacial score (nSPS) is 12.6. The first-order valence-electron chi connectivity index (χ1n) is 9.79. The third-order valence-electron chi connectivity index (χ3n) is 4.63. The minimum atomic E-state index is -0.0767. The molecule has 0 unspecified atom stereocenters. The van der Waals surface area contributed by atoms with E-state index in [0.717, 1.165) is 41.6 Å². The predicted octanol–water partition coefficient (Wildman–Crippen LogP) is 2.41. The van der Waals surface area contributed by atoms with Gasteiger partial charge in [-0.05, 0) is 48.7 Å². The maximum atomic E-state index is 11.8. The lowest BCUT2D eigenvalue weighted by Gasteiger charge is -2.22. The highest BCUT2D eigenvalue weighted by molar-refractivity contribution is 5.94. The van der Waals surface area contributed by atoms with Gasteiger partial charge < -0.3 is 25.0 Å². The summed E-state index contributed by atoms with van der Waals surface area (Å²) >= 11 is 0. The number of guanidine groups is 1. The van der Waals surface area contributed by atoms with Gasteiger partial charge in [-0.3, -0.25) is 9.79 Å². The number of carbonyl (C=O) groups is 1. The molecule has 7 heteroatoms. The molecule has 0 atom stereocenters. The molecule has 1 amide bonds. The van der Waals surface area contributed by atoms with Gasteiger partial charge in [0, 0.05) is 39.3 Å². The Morgan fingerprint density at radius 3 is 2.76 bits per heavy atom. The minimum Gasteiger partial charge on any atom is -0.454 e. The van der Waals surface area contributed by atoms with Crippen molar-refractivity contribution >= 4 is 11.9 Å². The van der Waals surface area contributed by atoms with E-state index in [2.05, 4.69) is 22.5 Å². The molecular weight excluding hydrogens is 368 g/mol. The Bertz CT molecular complexity index is 882. The molecular formula is C22H28N4O3. The summed E-state index contributed by atoms with van der Waals surface area (Å²) < 4.78 is 10.8. The first kappa shape index (κ1) is 20.5. The Balaban J connectivity index is 1.62. The topological polar surface area (TPSA) is 75.2 Å². The molecule has 154 valence electrons. The predicted molar refractivity (Wildman–Crippen MR) is 114 cm³/mol. The number of nitrogens with one attached hydrogen (secondary N) is 2. The summed E-state index contributed by atoms with van der Waals surface area (Å²) in [5.41, 5.74) is 2.88. The van der Waals surface area contributed by atoms with E-state index in [1.807, 2.05) is 49.5 Å². The van der Waals surface area contributed by atoms with Crippen LogP contribution in [0.5, 0.6) is 11.5 Å². The number of ether oxygens (including phenoxy) is 2. The van der Waals surface area contributed by atoms with Gasteiger partial charge in [0.05, 0.1) is 0 Å². The van der Waals surface area contributed by atoms with E-state index in [4.69, 9.17) is 14.5 Å². The van der Waals surface area contributed by atoms with Crippen LogP contribution in [0.2, 0.25) is 0 Å². The molecule has 0 saturated heterocycles. The molecule has 0 aromatic heterocycles. The molecule has 1 heterocycles. The zero-order valence-corrected chi connectivity index (χ0v) is 17.2. The number of benzene rings is 2. The van der Waals surface area contributed by atoms with Crippen molar-refractivity contribution in [3.8, 4) is 11.5 Å². The number of hydrogen-bond donors (Lipinski definition) is 2. The lowest BCUT2D eigenvalue weighted by atomic mass is 10.1. The molecule has 2 aromatic carbocycles. The van der Waals surface area contributed by atoms with Crippen molar-refractivity contribution in [2.75, 3.05) is 34.0 Å². The SMILES string of the molecule is CCNC(=NCCc1cccc(C(=O)NC)c1)N(C)Cc1ccc2c(c1)OCO2. The average molecular weight is 396 g/mol. The molecule has 0 aliphatic carbocycles. The van der Waals surface area contributed by atoms with E-state index in [0.29, 0.717) is 18.7 Å². The number of amides is 1. The van der Waals surface area contributed by atoms with Crippen LogP contribution < -0.4 is 20.1 Å². The Morgan fingerprint density at radius 2 is 1.97 bits per heavy atom. The third kappa shape index (κ3) is 5.40. The van der Waals surface area contributed by atoms with Crippen LogP contribution in [0.4, 0.5) is 0 Å². The summed E-state index contributed by atoms with van der Waals surface area (Å²) in [6.45, 7) is 4.45. The molecule has 3 rings (SSSR count). The number of hydrogen-bond acceptors (Lipinski definition) is 4. The van der Waals surface area contributed by atoms with Crippen LogP contribution in [-0.4, -0.2) is 50.7 Å². The van der Waals surface area contributed by atoms with Crippen molar-refractivity contribution in [2.45, 2.75) is 19.9 Å². The Hall–Kier alpha value is -3.22. The van der Waals surface area contributed by atoms with Gasteiger partial charge in [0.25, 0.3) is 5.91 Å². The van der Waals surface area contributed by atoms with Crippen molar-refractivity contribution in [2.24, 2.45) is 4.99 Å². The van der Waals surface area contributed by atoms with E-state index in [-0.39, 0.29) is 12.7 Å². The van der Waals surface area contributed by atoms with E-state index < -0.39 is 0 Å². The fraction of sp³-hybridized carbons (Fsp3) is 0.364. The van der Waals surface area contributed by atoms with Crippen LogP contribution in [0.3, 0.4) is 0 Å². The molecule has 2 aromatic rings. The van der Waals surface area contributed by atoms with Gasteiger partial charge >= 0.3 is 0 Å². The van der Waals surface area contributed by atoms with E-state index in [9.17, 15) is 4.79 Å². The maximum Gasteiger partial charge on any atom is 0.251 e. The Morgan fingerprint density at radius 1 is 1.14 bits per heavy atom. The van der Waals surface area contributed by atoms with Crippen LogP contribution in [0.1, 0.15) is 28.4 Å². The zero-order valence-electron chi connectivity index (χ0n) is 17.2. The summed E-state index contributed by atoms with van der Waals surface area (Å²) in [5, 5.41) is 5.99. The summed E-state index contributed by atoms with van der Waals surface area (Å²) in [7, 11) is 3.65. The Labute approximate surface area is 171 Å². The molecule has 0 fully saturated rings. The molecule has 0 saturated carbocycles. The Kier molecular flexibility index (Phi) is 6.94. The average Bonchev–Trinajstić information content (AvgIpc) is 3.20. The van der Waals surface area contributed by atoms with Gasteiger partial charge in [-0.2, -0.15) is 0 Å². The molecule has 0 bridgehead atoms. The van der Waals surface area contributed by atoms with Crippen LogP contribution in [-0.2, 0) is 13.0 Å². The third-order valence-corrected chi connectivity index (χ3v) is 4.63. The van der Waals surface area contributed by atoms with Crippen LogP contribution >= 0.6 is 0 Å². The minimum absolute atomic E-state index is 0.0767. The van der Waals surface area contributed by atoms with Gasteiger partial charge in [-0.1, -0.05) is 18.2 Å². The number of nitrogens with zero attached hydrogens (tertiary/aromatic N) is 2. The van der Waals surface area contributed by atoms with Gasteiger partial charge in [0.15, 0.2) is 17.5 Å². The fourth-order valence-electron chi connectivity index (χ4n) is 3.16. The van der Waals surface area contributed by atoms with Gasteiger partial charge in [-0.15, -0.1) is 0 Å². The number of fused-ring (bicyclic) bond motifs is 1. The van der Waals surface area contributed by atoms with Crippen LogP contribution in [0.15, 0.2) is 47.5 Å². The first-order valence-corrected chi connectivity index (χ1v) is 9.79. The van der Waals surface area contributed by atoms with E-state index >= 15 is 0 Å². The maximum absolute atomic E-state index is 11.8. The summed E-state index contributed by atoms with van der Waals surface area (Å²) in [4.78, 5) is 18.6. The highest BCUT2D eigenvalue weighted by Crippen LogP contribution is 2.32. The van der Waals surface area contributed by atoms with Crippen molar-refractivity contribution in [3.63, 3.8) is 0 Å². The van der Waals surface area contributed by atoms with Crippen molar-refractivity contribution < 1.29 is 14.3 Å². The number of carbonyl (C=O) groups excluding carboxylic acids is 1. The van der Waals surface area contributed by atoms with Crippen molar-refractivity contribution in [3.05, 3.63) is 59.2 Å². The van der Waals surface area contributed by atoms with Gasteiger partial charge in [0.1, 0.15) is 0 Å². The van der Waals surface area contributed by atoms with E-state index in [1.54, 1.807) is 7.05 Å². The first-order chi connectivity index (χ1) is 14.1. The number of aliphatic imine (C=N–C) groups is 1. The molecule has 29 heavy (non-hydrogen) atoms. The lowest BCUT2D eigenvalue weighted by molar-refractivity contribution is 0.0963. The highest BCUT2D eigenvalue weighted by Gasteiger charge is 2.14. The second kappa shape index (κ2) is 9.82. The fourth-order valence-corrected chi connectivity index (χ4v) is 3.16. The largest absolute Gasteiger partial charge is 0.454 e. The smallest absolute Gasteiger partial charge is 0.251 e. The van der Waals surface area contributed by atoms with E-state index in [1.165, 1.54) is 0 Å². The lowest BCUT2D eigenvalue weighted by Crippen LogP contribution is -2.38. The van der Waals surface area contributed by atoms with Gasteiger partial charge in [0.2, 0.25) is 6.79 Å². The molecule has 2 N–H and O–H groups in total.